The zero-order valence-corrected chi connectivity index (χ0v) is 15.4. The second-order valence-electron chi connectivity index (χ2n) is 7.16. The van der Waals surface area contributed by atoms with Crippen molar-refractivity contribution in [2.24, 2.45) is 16.3 Å². The summed E-state index contributed by atoms with van der Waals surface area (Å²) in [4.78, 5) is 20.4. The maximum Gasteiger partial charge on any atom is 0.242 e. The fraction of sp³-hybridized carbons (Fsp3) is 0.882. The van der Waals surface area contributed by atoms with E-state index in [1.807, 2.05) is 30.7 Å². The number of carbonyl (C=O) groups is 1. The number of nitrogens with one attached hydrogen (secondary N) is 1. The van der Waals surface area contributed by atoms with E-state index in [0.29, 0.717) is 24.6 Å². The average Bonchev–Trinajstić information content (AvgIpc) is 2.96. The first-order valence-electron chi connectivity index (χ1n) is 8.70. The molecule has 0 radical (unpaired) electrons. The molecule has 1 saturated heterocycles. The van der Waals surface area contributed by atoms with Crippen molar-refractivity contribution >= 4 is 11.9 Å². The summed E-state index contributed by atoms with van der Waals surface area (Å²) in [6, 6.07) is 0.347. The van der Waals surface area contributed by atoms with Crippen LogP contribution < -0.4 is 5.32 Å². The molecule has 2 aliphatic rings. The van der Waals surface area contributed by atoms with Crippen LogP contribution in [0.1, 0.15) is 34.1 Å². The Morgan fingerprint density at radius 2 is 2.00 bits per heavy atom. The Balaban J connectivity index is 1.96. The van der Waals surface area contributed by atoms with E-state index in [1.165, 1.54) is 0 Å². The van der Waals surface area contributed by atoms with Crippen molar-refractivity contribution in [3.63, 3.8) is 0 Å². The monoisotopic (exact) mass is 324 g/mol. The second-order valence-corrected chi connectivity index (χ2v) is 7.16. The molecule has 1 heterocycles. The van der Waals surface area contributed by atoms with Crippen LogP contribution in [-0.4, -0.2) is 74.1 Å². The van der Waals surface area contributed by atoms with E-state index in [-0.39, 0.29) is 11.3 Å². The minimum atomic E-state index is 0.0980. The highest BCUT2D eigenvalue weighted by atomic mass is 16.5. The lowest BCUT2D eigenvalue weighted by atomic mass is 9.57. The van der Waals surface area contributed by atoms with Gasteiger partial charge in [-0.05, 0) is 20.3 Å². The first-order chi connectivity index (χ1) is 10.9. The first-order valence-corrected chi connectivity index (χ1v) is 8.70. The molecule has 0 aromatic rings. The number of guanidine groups is 1. The summed E-state index contributed by atoms with van der Waals surface area (Å²) >= 11 is 0. The van der Waals surface area contributed by atoms with Gasteiger partial charge in [0.2, 0.25) is 5.91 Å². The summed E-state index contributed by atoms with van der Waals surface area (Å²) in [5.74, 6) is 1.47. The van der Waals surface area contributed by atoms with Crippen LogP contribution in [-0.2, 0) is 9.53 Å². The van der Waals surface area contributed by atoms with Gasteiger partial charge in [0.1, 0.15) is 0 Å². The molecule has 0 bridgehead atoms. The number of hydrogen-bond acceptors (Lipinski definition) is 3. The van der Waals surface area contributed by atoms with Gasteiger partial charge in [-0.1, -0.05) is 13.8 Å². The van der Waals surface area contributed by atoms with E-state index in [4.69, 9.17) is 4.74 Å². The Labute approximate surface area is 140 Å². The Morgan fingerprint density at radius 1 is 1.35 bits per heavy atom. The molecule has 1 aliphatic heterocycles. The van der Waals surface area contributed by atoms with Crippen molar-refractivity contribution in [3.8, 4) is 0 Å². The number of carbonyl (C=O) groups excluding carboxylic acids is 1. The molecule has 3 atom stereocenters. The van der Waals surface area contributed by atoms with Crippen LogP contribution in [0.25, 0.3) is 0 Å². The lowest BCUT2D eigenvalue weighted by Crippen LogP contribution is -2.68. The highest BCUT2D eigenvalue weighted by molar-refractivity contribution is 5.86. The van der Waals surface area contributed by atoms with Crippen LogP contribution in [0.2, 0.25) is 0 Å². The largest absolute Gasteiger partial charge is 0.377 e. The first kappa shape index (κ1) is 18.0. The molecule has 23 heavy (non-hydrogen) atoms. The second kappa shape index (κ2) is 7.07. The van der Waals surface area contributed by atoms with Crippen LogP contribution in [0, 0.1) is 11.3 Å². The summed E-state index contributed by atoms with van der Waals surface area (Å²) in [5.41, 5.74) is 0.0980. The third-order valence-corrected chi connectivity index (χ3v) is 5.45. The van der Waals surface area contributed by atoms with Gasteiger partial charge in [0.05, 0.1) is 12.6 Å². The third-order valence-electron chi connectivity index (χ3n) is 5.45. The molecule has 6 heteroatoms. The van der Waals surface area contributed by atoms with E-state index >= 15 is 0 Å². The van der Waals surface area contributed by atoms with Crippen LogP contribution in [0.5, 0.6) is 0 Å². The Kier molecular flexibility index (Phi) is 5.55. The molecule has 0 aromatic carbocycles. The molecule has 1 amide bonds. The average molecular weight is 324 g/mol. The van der Waals surface area contributed by atoms with Crippen molar-refractivity contribution in [2.75, 3.05) is 40.3 Å². The van der Waals surface area contributed by atoms with Gasteiger partial charge in [-0.25, -0.2) is 0 Å². The van der Waals surface area contributed by atoms with Crippen molar-refractivity contribution in [1.82, 2.24) is 15.1 Å². The van der Waals surface area contributed by atoms with Crippen molar-refractivity contribution < 1.29 is 9.53 Å². The molecule has 1 saturated carbocycles. The zero-order valence-electron chi connectivity index (χ0n) is 15.4. The van der Waals surface area contributed by atoms with Gasteiger partial charge >= 0.3 is 0 Å². The molecule has 6 nitrogen and oxygen atoms in total. The minimum Gasteiger partial charge on any atom is -0.377 e. The molecule has 132 valence electrons. The van der Waals surface area contributed by atoms with E-state index in [1.54, 1.807) is 7.05 Å². The third kappa shape index (κ3) is 3.32. The van der Waals surface area contributed by atoms with Crippen molar-refractivity contribution in [2.45, 2.75) is 46.3 Å². The molecule has 0 aromatic heterocycles. The number of aliphatic imine (C=N–C) groups is 1. The SMILES string of the molecule is CCN(CC)C(=O)CN(C)C(=NC)NC1C2CCOC2C1(C)C. The number of likely N-dealkylation sites (N-methyl/N-ethyl adjacent to an activating group) is 2. The number of ether oxygens (including phenoxy) is 1. The molecule has 3 unspecified atom stereocenters. The number of nitrogens with zero attached hydrogens (tertiary/aromatic N) is 3. The van der Waals surface area contributed by atoms with Crippen LogP contribution >= 0.6 is 0 Å². The summed E-state index contributed by atoms with van der Waals surface area (Å²) in [7, 11) is 3.69. The highest BCUT2D eigenvalue weighted by Crippen LogP contribution is 2.52. The Bertz CT molecular complexity index is 460. The van der Waals surface area contributed by atoms with E-state index in [0.717, 1.165) is 32.1 Å². The quantitative estimate of drug-likeness (QED) is 0.609. The topological polar surface area (TPSA) is 57.2 Å². The smallest absolute Gasteiger partial charge is 0.242 e. The van der Waals surface area contributed by atoms with Crippen LogP contribution in [0.15, 0.2) is 4.99 Å². The van der Waals surface area contributed by atoms with Gasteiger partial charge in [-0.2, -0.15) is 0 Å². The summed E-state index contributed by atoms with van der Waals surface area (Å²) < 4.78 is 5.84. The van der Waals surface area contributed by atoms with Crippen LogP contribution in [0.4, 0.5) is 0 Å². The van der Waals surface area contributed by atoms with Crippen molar-refractivity contribution in [1.29, 1.82) is 0 Å². The molecule has 0 spiro atoms. The van der Waals surface area contributed by atoms with Gasteiger partial charge in [-0.15, -0.1) is 0 Å². The van der Waals surface area contributed by atoms with Gasteiger partial charge in [0, 0.05) is 51.2 Å². The normalized spacial score (nSPS) is 28.8. The molecule has 1 N–H and O–H groups in total. The maximum atomic E-state index is 12.3. The molecule has 2 rings (SSSR count). The van der Waals surface area contributed by atoms with Gasteiger partial charge < -0.3 is 19.9 Å². The molecule has 1 aliphatic carbocycles. The lowest BCUT2D eigenvalue weighted by Gasteiger charge is -2.55. The van der Waals surface area contributed by atoms with E-state index in [9.17, 15) is 4.79 Å². The predicted octanol–water partition coefficient (Wildman–Crippen LogP) is 1.18. The fourth-order valence-electron chi connectivity index (χ4n) is 4.06. The summed E-state index contributed by atoms with van der Waals surface area (Å²) in [6.07, 6.45) is 1.45. The maximum absolute atomic E-state index is 12.3. The van der Waals surface area contributed by atoms with Gasteiger partial charge in [-0.3, -0.25) is 9.79 Å². The van der Waals surface area contributed by atoms with Crippen molar-refractivity contribution in [3.05, 3.63) is 0 Å². The zero-order chi connectivity index (χ0) is 17.2. The standard InChI is InChI=1S/C17H32N4O2/c1-7-21(8-2)13(22)11-20(6)16(18-5)19-14-12-9-10-23-15(12)17(14,3)4/h12,14-15H,7-11H2,1-6H3,(H,18,19). The number of amides is 1. The summed E-state index contributed by atoms with van der Waals surface area (Å²) in [6.45, 7) is 11.2. The lowest BCUT2D eigenvalue weighted by molar-refractivity contribution is -0.131. The molecular formula is C17H32N4O2. The Hall–Kier alpha value is -1.30. The highest BCUT2D eigenvalue weighted by Gasteiger charge is 2.59. The molecular weight excluding hydrogens is 292 g/mol. The van der Waals surface area contributed by atoms with E-state index in [2.05, 4.69) is 24.2 Å². The molecule has 2 fully saturated rings. The predicted molar refractivity (Wildman–Crippen MR) is 92.5 cm³/mol. The van der Waals surface area contributed by atoms with Gasteiger partial charge in [0.25, 0.3) is 0 Å². The van der Waals surface area contributed by atoms with Gasteiger partial charge in [0.15, 0.2) is 5.96 Å². The Morgan fingerprint density at radius 3 is 2.57 bits per heavy atom. The number of hydrogen-bond donors (Lipinski definition) is 1. The van der Waals surface area contributed by atoms with E-state index < -0.39 is 0 Å². The summed E-state index contributed by atoms with van der Waals surface area (Å²) in [5, 5.41) is 3.57. The minimum absolute atomic E-state index is 0.0980. The fourth-order valence-corrected chi connectivity index (χ4v) is 4.06. The van der Waals surface area contributed by atoms with Crippen LogP contribution in [0.3, 0.4) is 0 Å². The number of fused-ring (bicyclic) bond motifs is 1. The number of rotatable bonds is 5.